The fraction of sp³-hybridized carbons (Fsp3) is 0.820. The van der Waals surface area contributed by atoms with E-state index in [4.69, 9.17) is 9.05 Å². The molecule has 2 N–H and O–H groups in total. The maximum atomic E-state index is 12.8. The van der Waals surface area contributed by atoms with Crippen molar-refractivity contribution in [3.63, 3.8) is 0 Å². The maximum absolute atomic E-state index is 12.8. The van der Waals surface area contributed by atoms with Gasteiger partial charge in [-0.3, -0.25) is 9.36 Å². The summed E-state index contributed by atoms with van der Waals surface area (Å²) >= 11 is 0. The lowest BCUT2D eigenvalue weighted by Crippen LogP contribution is -2.45. The lowest BCUT2D eigenvalue weighted by atomic mass is 10.0. The number of aliphatic hydroxyl groups excluding tert-OH is 1. The Kier molecular flexibility index (Phi) is 40.7. The predicted molar refractivity (Wildman–Crippen MR) is 251 cm³/mol. The second-order valence-corrected chi connectivity index (χ2v) is 19.2. The van der Waals surface area contributed by atoms with Gasteiger partial charge in [0.25, 0.3) is 7.82 Å². The van der Waals surface area contributed by atoms with Gasteiger partial charge >= 0.3 is 0 Å². The molecular formula is C50H95N2O6P. The maximum Gasteiger partial charge on any atom is 0.268 e. The molecule has 0 aromatic carbocycles. The second-order valence-electron chi connectivity index (χ2n) is 17.8. The Bertz CT molecular complexity index is 1100. The number of phosphoric ester groups is 1. The Morgan fingerprint density at radius 2 is 1.00 bits per heavy atom. The van der Waals surface area contributed by atoms with E-state index in [1.54, 1.807) is 6.08 Å². The van der Waals surface area contributed by atoms with Gasteiger partial charge in [0.05, 0.1) is 39.9 Å². The molecule has 0 aliphatic carbocycles. The number of rotatable bonds is 44. The normalized spacial score (nSPS) is 14.6. The third kappa shape index (κ3) is 44.3. The SMILES string of the molecule is CCCCCCCC/C=C\C/C=C\CCC(=O)NC(COP(=O)([O-])OCC[N+](C)(C)C)C(O)/C=C/CC/C=C/CCCCCCCCCCCCCCCCCCCC. The fourth-order valence-corrected chi connectivity index (χ4v) is 7.59. The van der Waals surface area contributed by atoms with Crippen LogP contribution in [0.15, 0.2) is 48.6 Å². The smallest absolute Gasteiger partial charge is 0.268 e. The summed E-state index contributed by atoms with van der Waals surface area (Å²) in [4.78, 5) is 25.3. The molecule has 3 unspecified atom stereocenters. The molecule has 0 saturated heterocycles. The first-order valence-corrected chi connectivity index (χ1v) is 26.0. The number of hydrogen-bond donors (Lipinski definition) is 2. The Morgan fingerprint density at radius 3 is 1.47 bits per heavy atom. The van der Waals surface area contributed by atoms with Gasteiger partial charge in [0.15, 0.2) is 0 Å². The van der Waals surface area contributed by atoms with E-state index in [0.717, 1.165) is 32.1 Å². The van der Waals surface area contributed by atoms with Crippen molar-refractivity contribution in [3.05, 3.63) is 48.6 Å². The van der Waals surface area contributed by atoms with Crippen LogP contribution in [0.5, 0.6) is 0 Å². The van der Waals surface area contributed by atoms with E-state index in [9.17, 15) is 19.4 Å². The van der Waals surface area contributed by atoms with Crippen molar-refractivity contribution in [2.24, 2.45) is 0 Å². The number of quaternary nitrogens is 1. The number of aliphatic hydroxyl groups is 1. The van der Waals surface area contributed by atoms with Crippen molar-refractivity contribution >= 4 is 13.7 Å². The van der Waals surface area contributed by atoms with Gasteiger partial charge in [-0.25, -0.2) is 0 Å². The number of nitrogens with zero attached hydrogens (tertiary/aromatic N) is 1. The molecule has 0 aromatic heterocycles. The zero-order valence-electron chi connectivity index (χ0n) is 39.2. The summed E-state index contributed by atoms with van der Waals surface area (Å²) in [5.41, 5.74) is 0. The van der Waals surface area contributed by atoms with E-state index in [0.29, 0.717) is 17.4 Å². The minimum absolute atomic E-state index is 0.0165. The number of likely N-dealkylation sites (N-methyl/N-ethyl adjacent to an activating group) is 1. The molecule has 8 nitrogen and oxygen atoms in total. The molecule has 0 aliphatic rings. The average molecular weight is 851 g/mol. The van der Waals surface area contributed by atoms with Crippen molar-refractivity contribution in [3.8, 4) is 0 Å². The highest BCUT2D eigenvalue weighted by Gasteiger charge is 2.23. The summed E-state index contributed by atoms with van der Waals surface area (Å²) in [6, 6.07) is -0.933. The molecule has 0 aliphatic heterocycles. The van der Waals surface area contributed by atoms with Crippen LogP contribution in [0.3, 0.4) is 0 Å². The van der Waals surface area contributed by atoms with E-state index in [1.165, 1.54) is 154 Å². The van der Waals surface area contributed by atoms with Gasteiger partial charge < -0.3 is 28.8 Å². The zero-order chi connectivity index (χ0) is 43.6. The molecule has 3 atom stereocenters. The van der Waals surface area contributed by atoms with E-state index in [2.05, 4.69) is 49.5 Å². The lowest BCUT2D eigenvalue weighted by Gasteiger charge is -2.29. The van der Waals surface area contributed by atoms with Crippen LogP contribution in [0.2, 0.25) is 0 Å². The van der Waals surface area contributed by atoms with Crippen molar-refractivity contribution in [2.75, 3.05) is 40.9 Å². The van der Waals surface area contributed by atoms with E-state index < -0.39 is 26.6 Å². The van der Waals surface area contributed by atoms with Gasteiger partial charge in [0.2, 0.25) is 5.91 Å². The number of phosphoric acid groups is 1. The minimum Gasteiger partial charge on any atom is -0.756 e. The van der Waals surface area contributed by atoms with Crippen LogP contribution in [-0.2, 0) is 18.4 Å². The molecule has 9 heteroatoms. The molecule has 59 heavy (non-hydrogen) atoms. The minimum atomic E-state index is -4.61. The number of amides is 1. The lowest BCUT2D eigenvalue weighted by molar-refractivity contribution is -0.870. The number of hydrogen-bond acceptors (Lipinski definition) is 6. The standard InChI is InChI=1S/C50H95N2O6P/c1-6-8-10-12-14-16-18-20-21-22-23-24-25-26-27-28-29-30-32-33-35-37-39-41-43-49(53)48(47-58-59(55,56)57-46-45-52(3,4)5)51-50(54)44-42-40-38-36-34-31-19-17-15-13-11-9-7-2/h31,33-35,38,40-41,43,48-49,53H,6-30,32,36-37,39,42,44-47H2,1-5H3,(H-,51,54,55,56)/b34-31-,35-33+,40-38-,43-41+. The summed E-state index contributed by atoms with van der Waals surface area (Å²) in [7, 11) is 1.21. The Morgan fingerprint density at radius 1 is 0.593 bits per heavy atom. The summed E-state index contributed by atoms with van der Waals surface area (Å²) < 4.78 is 23.2. The highest BCUT2D eigenvalue weighted by Crippen LogP contribution is 2.38. The quantitative estimate of drug-likeness (QED) is 0.0274. The Labute approximate surface area is 365 Å². The van der Waals surface area contributed by atoms with Crippen molar-refractivity contribution in [1.29, 1.82) is 0 Å². The van der Waals surface area contributed by atoms with Gasteiger partial charge in [-0.15, -0.1) is 0 Å². The van der Waals surface area contributed by atoms with Crippen LogP contribution in [0.25, 0.3) is 0 Å². The summed E-state index contributed by atoms with van der Waals surface area (Å²) in [6.07, 6.45) is 53.4. The summed E-state index contributed by atoms with van der Waals surface area (Å²) in [5.74, 6) is -0.275. The molecule has 0 bridgehead atoms. The largest absolute Gasteiger partial charge is 0.756 e. The van der Waals surface area contributed by atoms with E-state index in [-0.39, 0.29) is 18.9 Å². The highest BCUT2D eigenvalue weighted by atomic mass is 31.2. The number of allylic oxidation sites excluding steroid dienone is 7. The predicted octanol–water partition coefficient (Wildman–Crippen LogP) is 13.4. The van der Waals surface area contributed by atoms with Crippen molar-refractivity contribution in [2.45, 2.75) is 225 Å². The molecule has 0 spiro atoms. The van der Waals surface area contributed by atoms with Crippen molar-refractivity contribution < 1.29 is 32.9 Å². The first-order valence-electron chi connectivity index (χ1n) is 24.5. The highest BCUT2D eigenvalue weighted by molar-refractivity contribution is 7.45. The summed E-state index contributed by atoms with van der Waals surface area (Å²) in [6.45, 7) is 4.57. The molecular weight excluding hydrogens is 756 g/mol. The Balaban J connectivity index is 4.38. The average Bonchev–Trinajstić information content (AvgIpc) is 3.19. The van der Waals surface area contributed by atoms with Crippen LogP contribution in [0.1, 0.15) is 213 Å². The number of unbranched alkanes of at least 4 members (excludes halogenated alkanes) is 25. The zero-order valence-corrected chi connectivity index (χ0v) is 40.1. The topological polar surface area (TPSA) is 108 Å². The van der Waals surface area contributed by atoms with Gasteiger partial charge in [0, 0.05) is 6.42 Å². The van der Waals surface area contributed by atoms with Gasteiger partial charge in [0.1, 0.15) is 13.2 Å². The molecule has 0 radical (unpaired) electrons. The summed E-state index contributed by atoms with van der Waals surface area (Å²) in [5, 5.41) is 13.7. The van der Waals surface area contributed by atoms with Crippen LogP contribution in [0.4, 0.5) is 0 Å². The first-order chi connectivity index (χ1) is 28.5. The van der Waals surface area contributed by atoms with E-state index in [1.807, 2.05) is 33.3 Å². The molecule has 0 fully saturated rings. The van der Waals surface area contributed by atoms with Crippen LogP contribution >= 0.6 is 7.82 Å². The number of carbonyl (C=O) groups is 1. The molecule has 0 rings (SSSR count). The molecule has 0 heterocycles. The monoisotopic (exact) mass is 851 g/mol. The van der Waals surface area contributed by atoms with Gasteiger partial charge in [-0.05, 0) is 51.4 Å². The van der Waals surface area contributed by atoms with Crippen LogP contribution in [-0.4, -0.2) is 68.5 Å². The molecule has 0 aromatic rings. The third-order valence-electron chi connectivity index (χ3n) is 10.8. The molecule has 1 amide bonds. The first kappa shape index (κ1) is 57.5. The van der Waals surface area contributed by atoms with Crippen LogP contribution < -0.4 is 10.2 Å². The molecule has 346 valence electrons. The number of nitrogens with one attached hydrogen (secondary N) is 1. The number of carbonyl (C=O) groups excluding carboxylic acids is 1. The Hall–Kier alpha value is -1.54. The van der Waals surface area contributed by atoms with Crippen molar-refractivity contribution in [1.82, 2.24) is 5.32 Å². The fourth-order valence-electron chi connectivity index (χ4n) is 6.87. The van der Waals surface area contributed by atoms with Crippen LogP contribution in [0, 0.1) is 0 Å². The second kappa shape index (κ2) is 41.8. The molecule has 0 saturated carbocycles. The van der Waals surface area contributed by atoms with Gasteiger partial charge in [-0.2, -0.15) is 0 Å². The van der Waals surface area contributed by atoms with Gasteiger partial charge in [-0.1, -0.05) is 204 Å². The van der Waals surface area contributed by atoms with E-state index >= 15 is 0 Å². The third-order valence-corrected chi connectivity index (χ3v) is 11.7.